The first-order valence-corrected chi connectivity index (χ1v) is 7.75. The van der Waals surface area contributed by atoms with Gasteiger partial charge in [0, 0.05) is 6.07 Å². The van der Waals surface area contributed by atoms with Gasteiger partial charge < -0.3 is 24.8 Å². The number of fused-ring (bicyclic) bond motifs is 1. The average molecular weight is 348 g/mol. The molecule has 0 amide bonds. The minimum absolute atomic E-state index is 0.00408. The number of methoxy groups -OCH3 is 1. The van der Waals surface area contributed by atoms with Crippen LogP contribution in [0, 0.1) is 0 Å². The van der Waals surface area contributed by atoms with Crippen LogP contribution in [0.4, 0.5) is 0 Å². The van der Waals surface area contributed by atoms with Crippen molar-refractivity contribution in [2.24, 2.45) is 0 Å². The fourth-order valence-electron chi connectivity index (χ4n) is 2.34. The number of aliphatic hydroxyl groups excluding tert-OH is 2. The van der Waals surface area contributed by atoms with Crippen molar-refractivity contribution < 1.29 is 34.4 Å². The molecule has 2 atom stereocenters. The van der Waals surface area contributed by atoms with Crippen molar-refractivity contribution in [2.75, 3.05) is 13.7 Å². The Kier molecular flexibility index (Phi) is 6.32. The van der Waals surface area contributed by atoms with E-state index in [0.717, 1.165) is 6.08 Å². The molecule has 3 N–H and O–H groups in total. The van der Waals surface area contributed by atoms with Gasteiger partial charge in [-0.15, -0.1) is 0 Å². The molecule has 0 spiro atoms. The summed E-state index contributed by atoms with van der Waals surface area (Å²) < 4.78 is 10.2. The molecule has 1 aliphatic heterocycles. The summed E-state index contributed by atoms with van der Waals surface area (Å²) in [6.07, 6.45) is 2.98. The summed E-state index contributed by atoms with van der Waals surface area (Å²) in [6.45, 7) is -0.00408. The van der Waals surface area contributed by atoms with Gasteiger partial charge in [-0.3, -0.25) is 4.79 Å². The van der Waals surface area contributed by atoms with E-state index >= 15 is 0 Å². The fourth-order valence-corrected chi connectivity index (χ4v) is 2.34. The highest BCUT2D eigenvalue weighted by Crippen LogP contribution is 2.30. The molecule has 25 heavy (non-hydrogen) atoms. The van der Waals surface area contributed by atoms with Crippen LogP contribution in [-0.4, -0.2) is 53.0 Å². The van der Waals surface area contributed by atoms with Gasteiger partial charge in [-0.1, -0.05) is 18.2 Å². The molecule has 7 heteroatoms. The van der Waals surface area contributed by atoms with Crippen molar-refractivity contribution in [3.05, 3.63) is 41.5 Å². The lowest BCUT2D eigenvalue weighted by Crippen LogP contribution is -2.32. The van der Waals surface area contributed by atoms with E-state index in [1.807, 2.05) is 0 Å². The van der Waals surface area contributed by atoms with Crippen LogP contribution in [0.5, 0.6) is 11.5 Å². The zero-order chi connectivity index (χ0) is 18.4. The van der Waals surface area contributed by atoms with Gasteiger partial charge >= 0.3 is 5.97 Å². The first kappa shape index (κ1) is 18.7. The van der Waals surface area contributed by atoms with Crippen molar-refractivity contribution in [2.45, 2.75) is 25.0 Å². The lowest BCUT2D eigenvalue weighted by atomic mass is 10.0. The number of aliphatic hydroxyl groups is 2. The predicted molar refractivity (Wildman–Crippen MR) is 89.4 cm³/mol. The van der Waals surface area contributed by atoms with Crippen LogP contribution in [0.25, 0.3) is 6.08 Å². The van der Waals surface area contributed by atoms with Gasteiger partial charge in [-0.2, -0.15) is 0 Å². The molecule has 0 aliphatic carbocycles. The van der Waals surface area contributed by atoms with E-state index in [2.05, 4.69) is 0 Å². The normalized spacial score (nSPS) is 24.6. The summed E-state index contributed by atoms with van der Waals surface area (Å²) in [7, 11) is 1.42. The summed E-state index contributed by atoms with van der Waals surface area (Å²) in [5, 5.41) is 29.8. The predicted octanol–water partition coefficient (Wildman–Crippen LogP) is 1.21. The Balaban J connectivity index is 2.40. The molecular weight excluding hydrogens is 328 g/mol. The monoisotopic (exact) mass is 348 g/mol. The van der Waals surface area contributed by atoms with Crippen molar-refractivity contribution in [1.29, 1.82) is 0 Å². The number of esters is 1. The SMILES string of the molecule is COc1cc(O)c2c(c1)/C=C/CC(O)C(O)C(=O)/C=C\CCOC2=O. The van der Waals surface area contributed by atoms with Crippen molar-refractivity contribution in [1.82, 2.24) is 0 Å². The lowest BCUT2D eigenvalue weighted by Gasteiger charge is -2.14. The number of phenols is 1. The van der Waals surface area contributed by atoms with Crippen LogP contribution < -0.4 is 4.74 Å². The molecule has 0 bridgehead atoms. The molecule has 2 rings (SSSR count). The molecule has 1 aliphatic rings. The molecular formula is C18H20O7. The Bertz CT molecular complexity index is 706. The van der Waals surface area contributed by atoms with Crippen molar-refractivity contribution in [3.8, 4) is 11.5 Å². The third kappa shape index (κ3) is 4.68. The van der Waals surface area contributed by atoms with Gasteiger partial charge in [0.25, 0.3) is 0 Å². The summed E-state index contributed by atoms with van der Waals surface area (Å²) in [4.78, 5) is 23.9. The topological polar surface area (TPSA) is 113 Å². The van der Waals surface area contributed by atoms with Crippen molar-refractivity contribution in [3.63, 3.8) is 0 Å². The zero-order valence-corrected chi connectivity index (χ0v) is 13.7. The van der Waals surface area contributed by atoms with Gasteiger partial charge in [0.2, 0.25) is 0 Å². The Labute approximate surface area is 144 Å². The molecule has 1 heterocycles. The fraction of sp³-hybridized carbons (Fsp3) is 0.333. The summed E-state index contributed by atoms with van der Waals surface area (Å²) in [5.41, 5.74) is 0.312. The van der Waals surface area contributed by atoms with E-state index in [4.69, 9.17) is 9.47 Å². The summed E-state index contributed by atoms with van der Waals surface area (Å²) in [5.74, 6) is -1.28. The maximum Gasteiger partial charge on any atom is 0.342 e. The number of phenolic OH excluding ortho intramolecular Hbond substituents is 1. The van der Waals surface area contributed by atoms with Crippen LogP contribution in [0.2, 0.25) is 0 Å². The van der Waals surface area contributed by atoms with E-state index in [1.54, 1.807) is 0 Å². The Morgan fingerprint density at radius 1 is 1.16 bits per heavy atom. The highest BCUT2D eigenvalue weighted by atomic mass is 16.5. The molecule has 1 aromatic carbocycles. The van der Waals surface area contributed by atoms with E-state index in [9.17, 15) is 24.9 Å². The van der Waals surface area contributed by atoms with Crippen LogP contribution in [0.15, 0.2) is 30.4 Å². The number of hydrogen-bond acceptors (Lipinski definition) is 7. The Hall–Kier alpha value is -2.64. The quantitative estimate of drug-likeness (QED) is 0.654. The second-order valence-corrected chi connectivity index (χ2v) is 5.49. The largest absolute Gasteiger partial charge is 0.507 e. The average Bonchev–Trinajstić information content (AvgIpc) is 2.59. The highest BCUT2D eigenvalue weighted by Gasteiger charge is 2.22. The van der Waals surface area contributed by atoms with Gasteiger partial charge in [-0.25, -0.2) is 4.79 Å². The summed E-state index contributed by atoms with van der Waals surface area (Å²) in [6, 6.07) is 2.83. The van der Waals surface area contributed by atoms with E-state index < -0.39 is 24.0 Å². The zero-order valence-electron chi connectivity index (χ0n) is 13.7. The lowest BCUT2D eigenvalue weighted by molar-refractivity contribution is -0.127. The van der Waals surface area contributed by atoms with Crippen molar-refractivity contribution >= 4 is 17.8 Å². The van der Waals surface area contributed by atoms with Crippen LogP contribution >= 0.6 is 0 Å². The van der Waals surface area contributed by atoms with E-state index in [1.165, 1.54) is 37.5 Å². The number of ether oxygens (including phenoxy) is 2. The number of rotatable bonds is 1. The number of ketones is 1. The van der Waals surface area contributed by atoms with E-state index in [-0.39, 0.29) is 30.8 Å². The second kappa shape index (κ2) is 8.46. The van der Waals surface area contributed by atoms with Crippen LogP contribution in [-0.2, 0) is 9.53 Å². The number of carbonyl (C=O) groups excluding carboxylic acids is 2. The van der Waals surface area contributed by atoms with Gasteiger partial charge in [0.1, 0.15) is 23.2 Å². The number of benzene rings is 1. The molecule has 0 radical (unpaired) electrons. The standard InChI is InChI=1S/C18H20O7/c1-24-12-9-11-5-4-7-14(20)17(22)13(19)6-2-3-8-25-18(23)16(11)15(21)10-12/h2,4-6,9-10,14,17,20-22H,3,7-8H2,1H3/b5-4+,6-2-. The molecule has 1 aromatic rings. The van der Waals surface area contributed by atoms with Gasteiger partial charge in [-0.05, 0) is 30.5 Å². The highest BCUT2D eigenvalue weighted by molar-refractivity contribution is 5.97. The van der Waals surface area contributed by atoms with Crippen LogP contribution in [0.1, 0.15) is 28.8 Å². The third-order valence-electron chi connectivity index (χ3n) is 3.69. The minimum atomic E-state index is -1.54. The molecule has 7 nitrogen and oxygen atoms in total. The molecule has 0 aromatic heterocycles. The third-order valence-corrected chi connectivity index (χ3v) is 3.69. The number of cyclic esters (lactones) is 1. The molecule has 134 valence electrons. The van der Waals surface area contributed by atoms with Gasteiger partial charge in [0.15, 0.2) is 5.78 Å². The smallest absolute Gasteiger partial charge is 0.342 e. The van der Waals surface area contributed by atoms with Crippen LogP contribution in [0.3, 0.4) is 0 Å². The number of aromatic hydroxyl groups is 1. The van der Waals surface area contributed by atoms with Gasteiger partial charge in [0.05, 0.1) is 19.8 Å². The molecule has 0 fully saturated rings. The minimum Gasteiger partial charge on any atom is -0.507 e. The second-order valence-electron chi connectivity index (χ2n) is 5.49. The first-order valence-electron chi connectivity index (χ1n) is 7.75. The van der Waals surface area contributed by atoms with E-state index in [0.29, 0.717) is 11.3 Å². The summed E-state index contributed by atoms with van der Waals surface area (Å²) >= 11 is 0. The molecule has 0 saturated heterocycles. The maximum atomic E-state index is 12.2. The maximum absolute atomic E-state index is 12.2. The molecule has 2 unspecified atom stereocenters. The molecule has 0 saturated carbocycles. The number of hydrogen-bond donors (Lipinski definition) is 3. The Morgan fingerprint density at radius 2 is 1.92 bits per heavy atom. The first-order chi connectivity index (χ1) is 11.9. The number of carbonyl (C=O) groups is 2. The Morgan fingerprint density at radius 3 is 2.64 bits per heavy atom.